The molecule has 0 aliphatic rings. The molecule has 0 radical (unpaired) electrons. The molecule has 2 aromatic heterocycles. The normalized spacial score (nSPS) is 9.18. The van der Waals surface area contributed by atoms with Crippen molar-refractivity contribution in [2.45, 2.75) is 48.5 Å². The summed E-state index contributed by atoms with van der Waals surface area (Å²) in [6, 6.07) is 2.09. The molecule has 0 spiro atoms. The van der Waals surface area contributed by atoms with E-state index in [1.54, 1.807) is 0 Å². The van der Waals surface area contributed by atoms with Gasteiger partial charge in [-0.1, -0.05) is 27.7 Å². The van der Waals surface area contributed by atoms with Gasteiger partial charge >= 0.3 is 0 Å². The first kappa shape index (κ1) is 15.6. The third-order valence-electron chi connectivity index (χ3n) is 2.29. The lowest BCUT2D eigenvalue weighted by atomic mass is 10.1. The second-order valence-corrected chi connectivity index (χ2v) is 3.49. The van der Waals surface area contributed by atoms with E-state index in [9.17, 15) is 0 Å². The summed E-state index contributed by atoms with van der Waals surface area (Å²) in [6.07, 6.45) is 0. The highest BCUT2D eigenvalue weighted by molar-refractivity contribution is 5.81. The van der Waals surface area contributed by atoms with Gasteiger partial charge in [0.05, 0.1) is 5.69 Å². The summed E-state index contributed by atoms with van der Waals surface area (Å²) < 4.78 is 1.84. The lowest BCUT2D eigenvalue weighted by Gasteiger charge is -1.99. The molecular weight excluding hydrogens is 210 g/mol. The summed E-state index contributed by atoms with van der Waals surface area (Å²) in [6.45, 7) is 14.1. The second-order valence-electron chi connectivity index (χ2n) is 3.49. The Morgan fingerprint density at radius 2 is 1.53 bits per heavy atom. The largest absolute Gasteiger partial charge is 0.250 e. The smallest absolute Gasteiger partial charge is 0.158 e. The molecule has 0 aliphatic heterocycles. The van der Waals surface area contributed by atoms with Gasteiger partial charge in [-0.2, -0.15) is 5.10 Å². The molecule has 0 unspecified atom stereocenters. The Morgan fingerprint density at radius 3 is 2.06 bits per heavy atom. The van der Waals surface area contributed by atoms with Crippen LogP contribution in [-0.2, 0) is 7.05 Å². The van der Waals surface area contributed by atoms with Crippen molar-refractivity contribution in [3.8, 4) is 0 Å². The lowest BCUT2D eigenvalue weighted by molar-refractivity contribution is 0.772. The first-order valence-electron chi connectivity index (χ1n) is 6.37. The average molecular weight is 235 g/mol. The van der Waals surface area contributed by atoms with E-state index in [1.165, 1.54) is 10.9 Å². The molecule has 0 bridgehead atoms. The van der Waals surface area contributed by atoms with E-state index >= 15 is 0 Å². The summed E-state index contributed by atoms with van der Waals surface area (Å²) in [5.74, 6) is 0. The standard InChI is InChI=1S/C10H13N3.2C2H6/c1-6-5-7(2)11-10-9(6)8(3)12-13(10)4;2*1-2/h5H,1-4H3;2*1-2H3. The quantitative estimate of drug-likeness (QED) is 0.692. The lowest BCUT2D eigenvalue weighted by Crippen LogP contribution is -1.93. The molecule has 0 fully saturated rings. The zero-order chi connectivity index (χ0) is 13.6. The van der Waals surface area contributed by atoms with Crippen LogP contribution in [0.5, 0.6) is 0 Å². The highest BCUT2D eigenvalue weighted by Crippen LogP contribution is 2.20. The van der Waals surface area contributed by atoms with Gasteiger partial charge in [0.15, 0.2) is 5.65 Å². The third-order valence-corrected chi connectivity index (χ3v) is 2.29. The maximum atomic E-state index is 4.46. The molecular formula is C14H25N3. The fourth-order valence-corrected chi connectivity index (χ4v) is 1.82. The van der Waals surface area contributed by atoms with Crippen LogP contribution >= 0.6 is 0 Å². The zero-order valence-electron chi connectivity index (χ0n) is 12.4. The fraction of sp³-hybridized carbons (Fsp3) is 0.571. The monoisotopic (exact) mass is 235 g/mol. The summed E-state index contributed by atoms with van der Waals surface area (Å²) in [4.78, 5) is 4.46. The fourth-order valence-electron chi connectivity index (χ4n) is 1.82. The molecule has 0 atom stereocenters. The van der Waals surface area contributed by atoms with E-state index in [0.717, 1.165) is 17.0 Å². The Bertz CT molecular complexity index is 470. The van der Waals surface area contributed by atoms with Crippen molar-refractivity contribution in [2.75, 3.05) is 0 Å². The number of hydrogen-bond donors (Lipinski definition) is 0. The predicted molar refractivity (Wildman–Crippen MR) is 75.4 cm³/mol. The topological polar surface area (TPSA) is 30.7 Å². The third kappa shape index (κ3) is 3.29. The molecule has 0 saturated carbocycles. The van der Waals surface area contributed by atoms with Crippen LogP contribution in [0, 0.1) is 20.8 Å². The van der Waals surface area contributed by atoms with Crippen LogP contribution in [-0.4, -0.2) is 14.8 Å². The van der Waals surface area contributed by atoms with Crippen molar-refractivity contribution in [1.82, 2.24) is 14.8 Å². The van der Waals surface area contributed by atoms with Crippen LogP contribution in [0.1, 0.15) is 44.6 Å². The van der Waals surface area contributed by atoms with Crippen molar-refractivity contribution in [3.05, 3.63) is 23.0 Å². The van der Waals surface area contributed by atoms with Gasteiger partial charge in [-0.3, -0.25) is 4.68 Å². The van der Waals surface area contributed by atoms with Crippen molar-refractivity contribution in [2.24, 2.45) is 7.05 Å². The minimum Gasteiger partial charge on any atom is -0.250 e. The molecule has 96 valence electrons. The van der Waals surface area contributed by atoms with E-state index in [0.29, 0.717) is 0 Å². The van der Waals surface area contributed by atoms with Crippen molar-refractivity contribution in [1.29, 1.82) is 0 Å². The number of fused-ring (bicyclic) bond motifs is 1. The maximum absolute atomic E-state index is 4.46. The number of rotatable bonds is 0. The zero-order valence-corrected chi connectivity index (χ0v) is 12.4. The van der Waals surface area contributed by atoms with E-state index in [1.807, 2.05) is 53.3 Å². The number of nitrogens with zero attached hydrogens (tertiary/aromatic N) is 3. The van der Waals surface area contributed by atoms with E-state index < -0.39 is 0 Å². The van der Waals surface area contributed by atoms with Crippen LogP contribution in [0.25, 0.3) is 11.0 Å². The SMILES string of the molecule is CC.CC.Cc1cc(C)c2c(C)nn(C)c2n1. The Balaban J connectivity index is 0.000000581. The average Bonchev–Trinajstić information content (AvgIpc) is 2.60. The summed E-state index contributed by atoms with van der Waals surface area (Å²) in [5, 5.41) is 5.53. The summed E-state index contributed by atoms with van der Waals surface area (Å²) >= 11 is 0. The number of aromatic nitrogens is 3. The molecule has 17 heavy (non-hydrogen) atoms. The van der Waals surface area contributed by atoms with Crippen LogP contribution in [0.4, 0.5) is 0 Å². The molecule has 0 aliphatic carbocycles. The molecule has 2 heterocycles. The van der Waals surface area contributed by atoms with Crippen molar-refractivity contribution < 1.29 is 0 Å². The number of hydrogen-bond acceptors (Lipinski definition) is 2. The van der Waals surface area contributed by atoms with Gasteiger partial charge in [0.2, 0.25) is 0 Å². The Kier molecular flexibility index (Phi) is 6.47. The minimum atomic E-state index is 0.981. The first-order valence-corrected chi connectivity index (χ1v) is 6.37. The van der Waals surface area contributed by atoms with Gasteiger partial charge in [0.1, 0.15) is 0 Å². The maximum Gasteiger partial charge on any atom is 0.158 e. The Labute approximate surface area is 105 Å². The van der Waals surface area contributed by atoms with E-state index in [-0.39, 0.29) is 0 Å². The number of pyridine rings is 1. The molecule has 0 N–H and O–H groups in total. The van der Waals surface area contributed by atoms with Gasteiger partial charge in [-0.05, 0) is 32.4 Å². The molecule has 3 nitrogen and oxygen atoms in total. The molecule has 0 saturated heterocycles. The summed E-state index contributed by atoms with van der Waals surface area (Å²) in [7, 11) is 1.93. The van der Waals surface area contributed by atoms with Crippen LogP contribution in [0.2, 0.25) is 0 Å². The predicted octanol–water partition coefficient (Wildman–Crippen LogP) is 3.95. The van der Waals surface area contributed by atoms with Gasteiger partial charge in [0, 0.05) is 18.1 Å². The van der Waals surface area contributed by atoms with Crippen LogP contribution in [0.15, 0.2) is 6.07 Å². The van der Waals surface area contributed by atoms with Crippen LogP contribution in [0.3, 0.4) is 0 Å². The first-order chi connectivity index (χ1) is 8.09. The van der Waals surface area contributed by atoms with Gasteiger partial charge in [0.25, 0.3) is 0 Å². The molecule has 2 aromatic rings. The highest BCUT2D eigenvalue weighted by atomic mass is 15.3. The minimum absolute atomic E-state index is 0.981. The molecule has 3 heteroatoms. The highest BCUT2D eigenvalue weighted by Gasteiger charge is 2.08. The summed E-state index contributed by atoms with van der Waals surface area (Å²) in [5.41, 5.74) is 4.35. The van der Waals surface area contributed by atoms with Crippen molar-refractivity contribution in [3.63, 3.8) is 0 Å². The van der Waals surface area contributed by atoms with E-state index in [2.05, 4.69) is 23.1 Å². The van der Waals surface area contributed by atoms with Gasteiger partial charge in [-0.15, -0.1) is 0 Å². The van der Waals surface area contributed by atoms with E-state index in [4.69, 9.17) is 0 Å². The molecule has 2 rings (SSSR count). The Morgan fingerprint density at radius 1 is 1.00 bits per heavy atom. The molecule has 0 aromatic carbocycles. The number of aryl methyl sites for hydroxylation is 4. The molecule has 0 amide bonds. The van der Waals surface area contributed by atoms with Gasteiger partial charge < -0.3 is 0 Å². The van der Waals surface area contributed by atoms with Crippen LogP contribution < -0.4 is 0 Å². The van der Waals surface area contributed by atoms with Gasteiger partial charge in [-0.25, -0.2) is 4.98 Å². The van der Waals surface area contributed by atoms with Crippen molar-refractivity contribution >= 4 is 11.0 Å². The second kappa shape index (κ2) is 7.05. The Hall–Kier alpha value is -1.38.